The minimum atomic E-state index is -3.81. The van der Waals surface area contributed by atoms with Crippen LogP contribution in [0, 0.1) is 0 Å². The fourth-order valence-electron chi connectivity index (χ4n) is 4.94. The zero-order valence-electron chi connectivity index (χ0n) is 22.3. The van der Waals surface area contributed by atoms with Crippen LogP contribution in [-0.4, -0.2) is 42.9 Å². The number of hydrogen-bond donors (Lipinski definition) is 1. The first-order valence-corrected chi connectivity index (χ1v) is 15.0. The summed E-state index contributed by atoms with van der Waals surface area (Å²) in [6.07, 6.45) is 2.22. The van der Waals surface area contributed by atoms with Crippen molar-refractivity contribution in [1.82, 2.24) is 14.9 Å². The maximum absolute atomic E-state index is 13.9. The minimum Gasteiger partial charge on any atom is -0.354 e. The maximum Gasteiger partial charge on any atom is 0.265 e. The second-order valence-corrected chi connectivity index (χ2v) is 11.7. The molecular formula is C31H35N5O2S. The van der Waals surface area contributed by atoms with Gasteiger partial charge in [-0.25, -0.2) is 17.7 Å². The molecule has 39 heavy (non-hydrogen) atoms. The average molecular weight is 542 g/mol. The summed E-state index contributed by atoms with van der Waals surface area (Å²) >= 11 is 0. The zero-order chi connectivity index (χ0) is 27.1. The Kier molecular flexibility index (Phi) is 8.54. The molecule has 0 spiro atoms. The number of benzene rings is 3. The summed E-state index contributed by atoms with van der Waals surface area (Å²) in [5.74, 6) is 0.950. The van der Waals surface area contributed by atoms with E-state index in [1.165, 1.54) is 15.4 Å². The van der Waals surface area contributed by atoms with Crippen LogP contribution in [0.2, 0.25) is 0 Å². The van der Waals surface area contributed by atoms with Crippen LogP contribution in [0.25, 0.3) is 0 Å². The maximum atomic E-state index is 13.9. The number of hydrogen-bond acceptors (Lipinski definition) is 6. The van der Waals surface area contributed by atoms with Crippen LogP contribution >= 0.6 is 0 Å². The van der Waals surface area contributed by atoms with Gasteiger partial charge < -0.3 is 5.32 Å². The zero-order valence-corrected chi connectivity index (χ0v) is 23.1. The summed E-state index contributed by atoms with van der Waals surface area (Å²) in [5, 5.41) is 3.37. The molecule has 202 valence electrons. The molecule has 0 unspecified atom stereocenters. The molecule has 0 radical (unpaired) electrons. The quantitative estimate of drug-likeness (QED) is 0.278. The van der Waals surface area contributed by atoms with Gasteiger partial charge in [-0.05, 0) is 36.1 Å². The summed E-state index contributed by atoms with van der Waals surface area (Å²) in [4.78, 5) is 12.3. The third kappa shape index (κ3) is 6.46. The number of anilines is 2. The Morgan fingerprint density at radius 2 is 1.51 bits per heavy atom. The first-order valence-electron chi connectivity index (χ1n) is 13.6. The van der Waals surface area contributed by atoms with Crippen LogP contribution < -0.4 is 9.62 Å². The third-order valence-electron chi connectivity index (χ3n) is 6.90. The lowest BCUT2D eigenvalue weighted by atomic mass is 10.0. The molecule has 0 saturated carbocycles. The van der Waals surface area contributed by atoms with Crippen molar-refractivity contribution in [2.24, 2.45) is 0 Å². The van der Waals surface area contributed by atoms with Crippen LogP contribution in [-0.2, 0) is 36.0 Å². The predicted octanol–water partition coefficient (Wildman–Crippen LogP) is 5.29. The van der Waals surface area contributed by atoms with E-state index < -0.39 is 10.0 Å². The van der Waals surface area contributed by atoms with E-state index in [0.717, 1.165) is 37.2 Å². The fraction of sp³-hybridized carbons (Fsp3) is 0.290. The Morgan fingerprint density at radius 3 is 2.18 bits per heavy atom. The molecule has 3 aromatic carbocycles. The Balaban J connectivity index is 1.49. The predicted molar refractivity (Wildman–Crippen MR) is 156 cm³/mol. The van der Waals surface area contributed by atoms with Gasteiger partial charge >= 0.3 is 0 Å². The second kappa shape index (κ2) is 12.4. The highest BCUT2D eigenvalue weighted by Crippen LogP contribution is 2.32. The lowest BCUT2D eigenvalue weighted by molar-refractivity contribution is 0.243. The normalized spacial score (nSPS) is 13.6. The highest BCUT2D eigenvalue weighted by Gasteiger charge is 2.31. The van der Waals surface area contributed by atoms with Gasteiger partial charge in [-0.15, -0.1) is 0 Å². The molecule has 8 heteroatoms. The van der Waals surface area contributed by atoms with Crippen molar-refractivity contribution < 1.29 is 8.42 Å². The number of rotatable bonds is 11. The Hall–Kier alpha value is -3.75. The van der Waals surface area contributed by atoms with Gasteiger partial charge in [-0.3, -0.25) is 4.90 Å². The Morgan fingerprint density at radius 1 is 0.872 bits per heavy atom. The largest absolute Gasteiger partial charge is 0.354 e. The SMILES string of the molecule is CCCN(c1nc(NCCc2ccccc2)nc2c1CN(Cc1ccccc1)CC2)S(=O)(=O)c1ccccc1. The van der Waals surface area contributed by atoms with E-state index in [1.54, 1.807) is 24.3 Å². The summed E-state index contributed by atoms with van der Waals surface area (Å²) < 4.78 is 29.3. The highest BCUT2D eigenvalue weighted by molar-refractivity contribution is 7.92. The smallest absolute Gasteiger partial charge is 0.265 e. The van der Waals surface area contributed by atoms with Gasteiger partial charge in [0.2, 0.25) is 5.95 Å². The van der Waals surface area contributed by atoms with E-state index in [9.17, 15) is 8.42 Å². The number of nitrogens with zero attached hydrogens (tertiary/aromatic N) is 4. The molecule has 4 aromatic rings. The molecule has 0 saturated heterocycles. The molecule has 1 aliphatic heterocycles. The molecule has 2 heterocycles. The molecule has 1 aliphatic rings. The van der Waals surface area contributed by atoms with Gasteiger partial charge in [0.25, 0.3) is 10.0 Å². The summed E-state index contributed by atoms with van der Waals surface area (Å²) in [6, 6.07) is 29.2. The van der Waals surface area contributed by atoms with Gasteiger partial charge in [0.05, 0.1) is 10.6 Å². The molecule has 1 aromatic heterocycles. The fourth-order valence-corrected chi connectivity index (χ4v) is 6.50. The summed E-state index contributed by atoms with van der Waals surface area (Å²) in [7, 11) is -3.81. The minimum absolute atomic E-state index is 0.265. The topological polar surface area (TPSA) is 78.4 Å². The van der Waals surface area contributed by atoms with Gasteiger partial charge in [-0.2, -0.15) is 4.98 Å². The molecule has 0 atom stereocenters. The number of sulfonamides is 1. The van der Waals surface area contributed by atoms with Crippen molar-refractivity contribution in [3.63, 3.8) is 0 Å². The molecule has 5 rings (SSSR count). The first kappa shape index (κ1) is 26.8. The highest BCUT2D eigenvalue weighted by atomic mass is 32.2. The summed E-state index contributed by atoms with van der Waals surface area (Å²) in [6.45, 7) is 5.21. The first-order chi connectivity index (χ1) is 19.0. The van der Waals surface area contributed by atoms with Crippen molar-refractivity contribution in [3.05, 3.63) is 113 Å². The molecule has 1 N–H and O–H groups in total. The molecular weight excluding hydrogens is 506 g/mol. The van der Waals surface area contributed by atoms with Gasteiger partial charge in [0.15, 0.2) is 5.82 Å². The van der Waals surface area contributed by atoms with Crippen LogP contribution in [0.3, 0.4) is 0 Å². The molecule has 0 aliphatic carbocycles. The lowest BCUT2D eigenvalue weighted by Gasteiger charge is -2.32. The van der Waals surface area contributed by atoms with E-state index in [0.29, 0.717) is 37.8 Å². The number of nitrogens with one attached hydrogen (secondary N) is 1. The van der Waals surface area contributed by atoms with E-state index in [-0.39, 0.29) is 4.90 Å². The third-order valence-corrected chi connectivity index (χ3v) is 8.70. The van der Waals surface area contributed by atoms with Crippen LogP contribution in [0.15, 0.2) is 95.9 Å². The molecule has 0 amide bonds. The number of fused-ring (bicyclic) bond motifs is 1. The van der Waals surface area contributed by atoms with E-state index in [2.05, 4.69) is 34.5 Å². The standard InChI is InChI=1S/C31H35N5O2S/c1-2-21-36(39(37,38)27-16-10-5-11-17-27)30-28-24-35(23-26-14-8-4-9-15-26)22-19-29(28)33-31(34-30)32-20-18-25-12-6-3-7-13-25/h3-17H,2,18-24H2,1H3,(H,32,33,34). The van der Waals surface area contributed by atoms with Crippen molar-refractivity contribution >= 4 is 21.8 Å². The van der Waals surface area contributed by atoms with Crippen molar-refractivity contribution in [1.29, 1.82) is 0 Å². The van der Waals surface area contributed by atoms with Gasteiger partial charge in [-0.1, -0.05) is 85.8 Å². The summed E-state index contributed by atoms with van der Waals surface area (Å²) in [5.41, 5.74) is 4.25. The van der Waals surface area contributed by atoms with E-state index in [4.69, 9.17) is 9.97 Å². The Bertz CT molecular complexity index is 1470. The van der Waals surface area contributed by atoms with Crippen molar-refractivity contribution in [2.75, 3.05) is 29.3 Å². The number of aromatic nitrogens is 2. The van der Waals surface area contributed by atoms with Gasteiger partial charge in [0.1, 0.15) is 0 Å². The molecule has 0 bridgehead atoms. The van der Waals surface area contributed by atoms with Crippen LogP contribution in [0.5, 0.6) is 0 Å². The molecule has 0 fully saturated rings. The van der Waals surface area contributed by atoms with Crippen molar-refractivity contribution in [2.45, 2.75) is 44.2 Å². The van der Waals surface area contributed by atoms with Crippen LogP contribution in [0.4, 0.5) is 11.8 Å². The average Bonchev–Trinajstić information content (AvgIpc) is 2.97. The van der Waals surface area contributed by atoms with Crippen LogP contribution in [0.1, 0.15) is 35.7 Å². The lowest BCUT2D eigenvalue weighted by Crippen LogP contribution is -2.37. The Labute approximate surface area is 231 Å². The second-order valence-electron chi connectivity index (χ2n) is 9.79. The van der Waals surface area contributed by atoms with E-state index in [1.807, 2.05) is 49.4 Å². The monoisotopic (exact) mass is 541 g/mol. The van der Waals surface area contributed by atoms with E-state index >= 15 is 0 Å². The van der Waals surface area contributed by atoms with Gasteiger partial charge in [0, 0.05) is 44.7 Å². The van der Waals surface area contributed by atoms with Crippen molar-refractivity contribution in [3.8, 4) is 0 Å². The molecule has 7 nitrogen and oxygen atoms in total.